The molecule has 8 heteroatoms. The lowest BCUT2D eigenvalue weighted by molar-refractivity contribution is 0.491. The molecule has 0 nitrogen and oxygen atoms in total. The Hall–Kier alpha value is -2.38. The molecule has 0 aromatic heterocycles. The second-order valence-corrected chi connectivity index (χ2v) is 4.44. The molecule has 0 bridgehead atoms. The van der Waals surface area contributed by atoms with Gasteiger partial charge in [-0.05, 0) is 0 Å². The van der Waals surface area contributed by atoms with Gasteiger partial charge in [-0.15, -0.1) is 0 Å². The minimum atomic E-state index is -2.00. The van der Waals surface area contributed by atoms with Crippen LogP contribution in [0.1, 0.15) is 0 Å². The summed E-state index contributed by atoms with van der Waals surface area (Å²) in [6.07, 6.45) is 0. The van der Waals surface area contributed by atoms with E-state index in [0.717, 1.165) is 0 Å². The molecule has 0 saturated carbocycles. The third kappa shape index (κ3) is 1.69. The Balaban J connectivity index is 2.78. The van der Waals surface area contributed by atoms with E-state index in [1.54, 1.807) is 0 Å². The fourth-order valence-electron chi connectivity index (χ4n) is 2.28. The molecule has 0 unspecified atom stereocenters. The van der Waals surface area contributed by atoms with Gasteiger partial charge in [0.25, 0.3) is 0 Å². The van der Waals surface area contributed by atoms with Crippen molar-refractivity contribution in [1.29, 1.82) is 0 Å². The van der Waals surface area contributed by atoms with Crippen LogP contribution in [0.15, 0.2) is 12.1 Å². The molecular formula is C14H2F8. The molecule has 3 aromatic carbocycles. The summed E-state index contributed by atoms with van der Waals surface area (Å²) in [7, 11) is 0. The largest absolute Gasteiger partial charge is 0.206 e. The summed E-state index contributed by atoms with van der Waals surface area (Å²) >= 11 is 0. The highest BCUT2D eigenvalue weighted by Crippen LogP contribution is 2.37. The first kappa shape index (κ1) is 14.6. The van der Waals surface area contributed by atoms with Crippen molar-refractivity contribution in [3.8, 4) is 0 Å². The average molecular weight is 322 g/mol. The molecule has 0 spiro atoms. The van der Waals surface area contributed by atoms with Gasteiger partial charge < -0.3 is 0 Å². The van der Waals surface area contributed by atoms with E-state index in [-0.39, 0.29) is 12.1 Å². The fourth-order valence-corrected chi connectivity index (χ4v) is 2.28. The topological polar surface area (TPSA) is 0 Å². The molecule has 22 heavy (non-hydrogen) atoms. The van der Waals surface area contributed by atoms with Crippen LogP contribution in [0.3, 0.4) is 0 Å². The zero-order chi connectivity index (χ0) is 16.3. The second-order valence-electron chi connectivity index (χ2n) is 4.44. The molecule has 3 rings (SSSR count). The van der Waals surface area contributed by atoms with Crippen molar-refractivity contribution in [2.75, 3.05) is 0 Å². The molecule has 0 aliphatic carbocycles. The molecule has 0 heterocycles. The van der Waals surface area contributed by atoms with E-state index in [2.05, 4.69) is 0 Å². The van der Waals surface area contributed by atoms with Gasteiger partial charge in [-0.25, -0.2) is 35.1 Å². The molecule has 0 amide bonds. The van der Waals surface area contributed by atoms with Gasteiger partial charge in [0.2, 0.25) is 0 Å². The molecular weight excluding hydrogens is 320 g/mol. The number of benzene rings is 3. The summed E-state index contributed by atoms with van der Waals surface area (Å²) < 4.78 is 109. The predicted molar refractivity (Wildman–Crippen MR) is 61.1 cm³/mol. The molecule has 0 atom stereocenters. The van der Waals surface area contributed by atoms with Crippen molar-refractivity contribution in [3.05, 3.63) is 58.7 Å². The fraction of sp³-hybridized carbons (Fsp3) is 0. The molecule has 0 N–H and O–H groups in total. The molecule has 0 aliphatic rings. The Bertz CT molecular complexity index is 886. The van der Waals surface area contributed by atoms with Crippen molar-refractivity contribution in [1.82, 2.24) is 0 Å². The van der Waals surface area contributed by atoms with E-state index in [1.807, 2.05) is 0 Å². The molecule has 3 aromatic rings. The van der Waals surface area contributed by atoms with Crippen molar-refractivity contribution in [3.63, 3.8) is 0 Å². The van der Waals surface area contributed by atoms with Crippen molar-refractivity contribution < 1.29 is 35.1 Å². The van der Waals surface area contributed by atoms with Crippen molar-refractivity contribution in [2.45, 2.75) is 0 Å². The number of rotatable bonds is 0. The standard InChI is InChI=1S/C14H2F8/c15-3-1-5(17)11(19)9-7(3)13(21)8-4(16)2-6(18)12(20)10(8)14(9)22/h1-2H. The second kappa shape index (κ2) is 4.56. The van der Waals surface area contributed by atoms with E-state index in [9.17, 15) is 35.1 Å². The Kier molecular flexibility index (Phi) is 3.01. The zero-order valence-electron chi connectivity index (χ0n) is 10.2. The maximum absolute atomic E-state index is 14.2. The highest BCUT2D eigenvalue weighted by molar-refractivity contribution is 6.01. The quantitative estimate of drug-likeness (QED) is 0.307. The lowest BCUT2D eigenvalue weighted by Crippen LogP contribution is -2.02. The van der Waals surface area contributed by atoms with E-state index in [4.69, 9.17) is 0 Å². The summed E-state index contributed by atoms with van der Waals surface area (Å²) in [5.41, 5.74) is 0. The molecule has 0 fully saturated rings. The lowest BCUT2D eigenvalue weighted by atomic mass is 9.99. The van der Waals surface area contributed by atoms with Gasteiger partial charge in [-0.2, -0.15) is 0 Å². The predicted octanol–water partition coefficient (Wildman–Crippen LogP) is 5.11. The maximum atomic E-state index is 14.2. The van der Waals surface area contributed by atoms with E-state index in [0.29, 0.717) is 0 Å². The highest BCUT2D eigenvalue weighted by atomic mass is 19.2. The zero-order valence-corrected chi connectivity index (χ0v) is 10.2. The smallest absolute Gasteiger partial charge is 0.169 e. The van der Waals surface area contributed by atoms with Crippen LogP contribution in [0.25, 0.3) is 21.5 Å². The van der Waals surface area contributed by atoms with Gasteiger partial charge in [0.05, 0.1) is 21.5 Å². The maximum Gasteiger partial charge on any atom is 0.169 e. The van der Waals surface area contributed by atoms with E-state index >= 15 is 0 Å². The van der Waals surface area contributed by atoms with Crippen molar-refractivity contribution >= 4 is 21.5 Å². The first-order valence-corrected chi connectivity index (χ1v) is 5.67. The van der Waals surface area contributed by atoms with Crippen LogP contribution in [-0.2, 0) is 0 Å². The number of fused-ring (bicyclic) bond motifs is 2. The molecule has 0 saturated heterocycles. The third-order valence-electron chi connectivity index (χ3n) is 3.22. The minimum absolute atomic E-state index is 0.0657. The molecule has 0 radical (unpaired) electrons. The van der Waals surface area contributed by atoms with Gasteiger partial charge in [-0.1, -0.05) is 0 Å². The normalized spacial score (nSPS) is 11.6. The van der Waals surface area contributed by atoms with Gasteiger partial charge in [-0.3, -0.25) is 0 Å². The minimum Gasteiger partial charge on any atom is -0.206 e. The van der Waals surface area contributed by atoms with Crippen LogP contribution >= 0.6 is 0 Å². The first-order valence-electron chi connectivity index (χ1n) is 5.67. The number of hydrogen-bond acceptors (Lipinski definition) is 0. The first-order chi connectivity index (χ1) is 10.3. The van der Waals surface area contributed by atoms with Crippen LogP contribution in [-0.4, -0.2) is 0 Å². The monoisotopic (exact) mass is 322 g/mol. The Morgan fingerprint density at radius 3 is 1.05 bits per heavy atom. The van der Waals surface area contributed by atoms with Crippen LogP contribution in [0, 0.1) is 46.5 Å². The van der Waals surface area contributed by atoms with Gasteiger partial charge in [0.1, 0.15) is 23.3 Å². The Labute approximate surface area is 116 Å². The van der Waals surface area contributed by atoms with Crippen molar-refractivity contribution in [2.24, 2.45) is 0 Å². The van der Waals surface area contributed by atoms with Crippen LogP contribution in [0.5, 0.6) is 0 Å². The Morgan fingerprint density at radius 2 is 0.682 bits per heavy atom. The van der Waals surface area contributed by atoms with Crippen LogP contribution in [0.2, 0.25) is 0 Å². The third-order valence-corrected chi connectivity index (χ3v) is 3.22. The number of halogens is 8. The summed E-state index contributed by atoms with van der Waals surface area (Å²) in [6, 6.07) is -0.131. The Morgan fingerprint density at radius 1 is 0.364 bits per heavy atom. The summed E-state index contributed by atoms with van der Waals surface area (Å²) in [6.45, 7) is 0. The molecule has 0 aliphatic heterocycles. The summed E-state index contributed by atoms with van der Waals surface area (Å²) in [4.78, 5) is 0. The van der Waals surface area contributed by atoms with Gasteiger partial charge in [0, 0.05) is 12.1 Å². The highest BCUT2D eigenvalue weighted by Gasteiger charge is 2.28. The SMILES string of the molecule is Fc1cc(F)c2c(F)c3c(F)cc(F)c(F)c3c(F)c2c1F. The van der Waals surface area contributed by atoms with Crippen LogP contribution < -0.4 is 0 Å². The summed E-state index contributed by atoms with van der Waals surface area (Å²) in [5.74, 6) is -15.0. The van der Waals surface area contributed by atoms with Crippen LogP contribution in [0.4, 0.5) is 35.1 Å². The van der Waals surface area contributed by atoms with Gasteiger partial charge in [0.15, 0.2) is 23.3 Å². The lowest BCUT2D eigenvalue weighted by Gasteiger charge is -2.11. The number of hydrogen-bond donors (Lipinski definition) is 0. The van der Waals surface area contributed by atoms with Gasteiger partial charge >= 0.3 is 0 Å². The van der Waals surface area contributed by atoms with E-state index in [1.165, 1.54) is 0 Å². The summed E-state index contributed by atoms with van der Waals surface area (Å²) in [5, 5.41) is -5.92. The van der Waals surface area contributed by atoms with E-state index < -0.39 is 68.1 Å². The average Bonchev–Trinajstić information content (AvgIpc) is 2.44. The molecule has 114 valence electrons.